The van der Waals surface area contributed by atoms with Gasteiger partial charge in [0.25, 0.3) is 0 Å². The Morgan fingerprint density at radius 3 is 2.83 bits per heavy atom. The Morgan fingerprint density at radius 2 is 2.07 bits per heavy atom. The van der Waals surface area contributed by atoms with Crippen molar-refractivity contribution in [1.29, 1.82) is 0 Å². The molecule has 1 N–H and O–H groups in total. The number of likely N-dealkylation sites (tertiary alicyclic amines) is 1. The highest BCUT2D eigenvalue weighted by Gasteiger charge is 2.30. The van der Waals surface area contributed by atoms with E-state index in [-0.39, 0.29) is 11.9 Å². The Kier molecular flexibility index (Phi) is 5.31. The van der Waals surface area contributed by atoms with E-state index in [9.17, 15) is 5.11 Å². The van der Waals surface area contributed by atoms with Gasteiger partial charge in [0.1, 0.15) is 17.4 Å². The van der Waals surface area contributed by atoms with Crippen LogP contribution in [0.25, 0.3) is 11.2 Å². The summed E-state index contributed by atoms with van der Waals surface area (Å²) in [4.78, 5) is 12.0. The normalized spacial score (nSPS) is 20.8. The molecule has 7 nitrogen and oxygen atoms in total. The van der Waals surface area contributed by atoms with Gasteiger partial charge in [-0.15, -0.1) is 0 Å². The predicted octanol–water partition coefficient (Wildman–Crippen LogP) is 3.83. The molecule has 0 radical (unpaired) electrons. The summed E-state index contributed by atoms with van der Waals surface area (Å²) in [7, 11) is 1.58. The number of phenolic OH excluding ortho intramolecular Hbond substituents is 1. The van der Waals surface area contributed by atoms with Crippen LogP contribution in [0.15, 0.2) is 36.5 Å². The summed E-state index contributed by atoms with van der Waals surface area (Å²) in [5.41, 5.74) is 3.09. The molecule has 2 aromatic heterocycles. The fourth-order valence-electron chi connectivity index (χ4n) is 4.73. The summed E-state index contributed by atoms with van der Waals surface area (Å²) in [6.45, 7) is 3.68. The molecule has 2 aliphatic heterocycles. The number of hydrogen-bond donors (Lipinski definition) is 1. The van der Waals surface area contributed by atoms with E-state index in [1.54, 1.807) is 13.2 Å². The summed E-state index contributed by atoms with van der Waals surface area (Å²) in [5.74, 6) is 1.75. The number of nitrogens with zero attached hydrogens (tertiary/aromatic N) is 4. The molecule has 1 atom stereocenters. The van der Waals surface area contributed by atoms with Crippen molar-refractivity contribution in [3.05, 3.63) is 47.9 Å². The second-order valence-electron chi connectivity index (χ2n) is 8.20. The Bertz CT molecular complexity index is 1020. The van der Waals surface area contributed by atoms with Crippen LogP contribution in [0.2, 0.25) is 0 Å². The molecule has 7 heteroatoms. The van der Waals surface area contributed by atoms with Crippen LogP contribution in [-0.2, 0) is 11.3 Å². The zero-order chi connectivity index (χ0) is 20.5. The first-order valence-corrected chi connectivity index (χ1v) is 10.8. The van der Waals surface area contributed by atoms with Crippen molar-refractivity contribution >= 4 is 11.2 Å². The van der Waals surface area contributed by atoms with Gasteiger partial charge in [-0.25, -0.2) is 9.97 Å². The predicted molar refractivity (Wildman–Crippen MR) is 114 cm³/mol. The van der Waals surface area contributed by atoms with Gasteiger partial charge in [0.05, 0.1) is 7.11 Å². The summed E-state index contributed by atoms with van der Waals surface area (Å²) in [6.07, 6.45) is 6.17. The number of rotatable bonds is 5. The van der Waals surface area contributed by atoms with Crippen LogP contribution < -0.4 is 4.74 Å². The molecule has 0 bridgehead atoms. The Labute approximate surface area is 176 Å². The summed E-state index contributed by atoms with van der Waals surface area (Å²) in [5, 5.41) is 9.82. The fourth-order valence-corrected chi connectivity index (χ4v) is 4.73. The maximum atomic E-state index is 9.82. The van der Waals surface area contributed by atoms with E-state index < -0.39 is 0 Å². The number of pyridine rings is 1. The average Bonchev–Trinajstić information content (AvgIpc) is 3.43. The number of imidazole rings is 1. The quantitative estimate of drug-likeness (QED) is 0.692. The maximum Gasteiger partial charge on any atom is 0.160 e. The number of phenols is 1. The van der Waals surface area contributed by atoms with Gasteiger partial charge < -0.3 is 19.1 Å². The van der Waals surface area contributed by atoms with Crippen LogP contribution in [0.4, 0.5) is 0 Å². The molecule has 30 heavy (non-hydrogen) atoms. The monoisotopic (exact) mass is 408 g/mol. The molecular weight excluding hydrogens is 380 g/mol. The molecule has 3 aromatic rings. The lowest BCUT2D eigenvalue weighted by atomic mass is 10.0. The first-order valence-electron chi connectivity index (χ1n) is 10.8. The number of aromatic nitrogens is 3. The molecule has 4 heterocycles. The third kappa shape index (κ3) is 3.63. The van der Waals surface area contributed by atoms with Gasteiger partial charge in [0.15, 0.2) is 17.1 Å². The number of methoxy groups -OCH3 is 1. The smallest absolute Gasteiger partial charge is 0.160 e. The van der Waals surface area contributed by atoms with Crippen LogP contribution in [-0.4, -0.2) is 51.3 Å². The highest BCUT2D eigenvalue weighted by molar-refractivity contribution is 5.71. The van der Waals surface area contributed by atoms with Crippen LogP contribution in [0, 0.1) is 0 Å². The summed E-state index contributed by atoms with van der Waals surface area (Å²) in [6, 6.07) is 9.97. The standard InChI is InChI=1S/C23H28N4O3/c1-29-21-14-16(6-7-19(21)28)15-26-11-8-17(9-12-26)27-22-18(4-2-10-24-22)25-23(27)20-5-3-13-30-20/h2,4,6-7,10,14,17,20,28H,3,5,8-9,11-13,15H2,1H3. The molecule has 2 fully saturated rings. The summed E-state index contributed by atoms with van der Waals surface area (Å²) >= 11 is 0. The number of aromatic hydroxyl groups is 1. The average molecular weight is 409 g/mol. The molecule has 0 spiro atoms. The van der Waals surface area contributed by atoms with Gasteiger partial charge in [-0.2, -0.15) is 0 Å². The number of benzene rings is 1. The third-order valence-corrected chi connectivity index (χ3v) is 6.27. The van der Waals surface area contributed by atoms with Gasteiger partial charge >= 0.3 is 0 Å². The van der Waals surface area contributed by atoms with Gasteiger partial charge in [-0.05, 0) is 55.5 Å². The first-order chi connectivity index (χ1) is 14.7. The first kappa shape index (κ1) is 19.3. The van der Waals surface area contributed by atoms with E-state index in [1.807, 2.05) is 30.5 Å². The molecule has 1 aromatic carbocycles. The summed E-state index contributed by atoms with van der Waals surface area (Å²) < 4.78 is 13.6. The fraction of sp³-hybridized carbons (Fsp3) is 0.478. The van der Waals surface area contributed by atoms with Crippen molar-refractivity contribution in [1.82, 2.24) is 19.4 Å². The van der Waals surface area contributed by atoms with E-state index >= 15 is 0 Å². The molecule has 2 aliphatic rings. The molecule has 158 valence electrons. The van der Waals surface area contributed by atoms with Gasteiger partial charge in [-0.3, -0.25) is 4.90 Å². The van der Waals surface area contributed by atoms with Gasteiger partial charge in [0.2, 0.25) is 0 Å². The lowest BCUT2D eigenvalue weighted by Crippen LogP contribution is -2.34. The zero-order valence-electron chi connectivity index (χ0n) is 17.3. The topological polar surface area (TPSA) is 72.6 Å². The minimum Gasteiger partial charge on any atom is -0.504 e. The maximum absolute atomic E-state index is 9.82. The molecule has 0 saturated carbocycles. The number of ether oxygens (including phenoxy) is 2. The lowest BCUT2D eigenvalue weighted by molar-refractivity contribution is 0.0970. The lowest BCUT2D eigenvalue weighted by Gasteiger charge is -2.33. The van der Waals surface area contributed by atoms with Crippen molar-refractivity contribution in [3.8, 4) is 11.5 Å². The molecule has 0 aliphatic carbocycles. The van der Waals surface area contributed by atoms with Gasteiger partial charge in [-0.1, -0.05) is 6.07 Å². The minimum absolute atomic E-state index is 0.0849. The minimum atomic E-state index is 0.0849. The molecular formula is C23H28N4O3. The molecule has 5 rings (SSSR count). The highest BCUT2D eigenvalue weighted by atomic mass is 16.5. The van der Waals surface area contributed by atoms with E-state index in [0.717, 1.165) is 74.5 Å². The van der Waals surface area contributed by atoms with Crippen LogP contribution in [0.3, 0.4) is 0 Å². The van der Waals surface area contributed by atoms with Crippen molar-refractivity contribution in [3.63, 3.8) is 0 Å². The second kappa shape index (κ2) is 8.24. The van der Waals surface area contributed by atoms with Crippen LogP contribution in [0.1, 0.15) is 49.2 Å². The highest BCUT2D eigenvalue weighted by Crippen LogP contribution is 2.35. The zero-order valence-corrected chi connectivity index (χ0v) is 17.3. The number of piperidine rings is 1. The van der Waals surface area contributed by atoms with E-state index in [1.165, 1.54) is 0 Å². The number of fused-ring (bicyclic) bond motifs is 1. The second-order valence-corrected chi connectivity index (χ2v) is 8.20. The molecule has 2 saturated heterocycles. The largest absolute Gasteiger partial charge is 0.504 e. The third-order valence-electron chi connectivity index (χ3n) is 6.27. The van der Waals surface area contributed by atoms with E-state index in [2.05, 4.69) is 14.5 Å². The Hall–Kier alpha value is -2.64. The Morgan fingerprint density at radius 1 is 1.20 bits per heavy atom. The van der Waals surface area contributed by atoms with E-state index in [4.69, 9.17) is 14.5 Å². The van der Waals surface area contributed by atoms with E-state index in [0.29, 0.717) is 11.8 Å². The van der Waals surface area contributed by atoms with Crippen molar-refractivity contribution in [2.75, 3.05) is 26.8 Å². The van der Waals surface area contributed by atoms with Crippen molar-refractivity contribution < 1.29 is 14.6 Å². The van der Waals surface area contributed by atoms with Crippen LogP contribution in [0.5, 0.6) is 11.5 Å². The molecule has 1 unspecified atom stereocenters. The van der Waals surface area contributed by atoms with Crippen molar-refractivity contribution in [2.24, 2.45) is 0 Å². The molecule has 0 amide bonds. The Balaban J connectivity index is 1.33. The van der Waals surface area contributed by atoms with Gasteiger partial charge in [0, 0.05) is 38.5 Å². The van der Waals surface area contributed by atoms with Crippen molar-refractivity contribution in [2.45, 2.75) is 44.4 Å². The number of hydrogen-bond acceptors (Lipinski definition) is 6. The SMILES string of the molecule is COc1cc(CN2CCC(n3c(C4CCCO4)nc4cccnc43)CC2)ccc1O. The van der Waals surface area contributed by atoms with Crippen LogP contribution >= 0.6 is 0 Å².